The van der Waals surface area contributed by atoms with Gasteiger partial charge in [-0.1, -0.05) is 39.8 Å². The number of hydrogen-bond donors (Lipinski definition) is 1. The molecule has 0 atom stereocenters. The fourth-order valence-electron chi connectivity index (χ4n) is 2.10. The first-order chi connectivity index (χ1) is 10.6. The summed E-state index contributed by atoms with van der Waals surface area (Å²) in [5, 5.41) is 9.47. The van der Waals surface area contributed by atoms with Crippen LogP contribution in [0.25, 0.3) is 11.4 Å². The zero-order valence-corrected chi connectivity index (χ0v) is 14.4. The third-order valence-corrected chi connectivity index (χ3v) is 4.85. The van der Waals surface area contributed by atoms with Crippen molar-refractivity contribution in [3.05, 3.63) is 58.6 Å². The van der Waals surface area contributed by atoms with Crippen molar-refractivity contribution in [3.8, 4) is 11.4 Å². The van der Waals surface area contributed by atoms with Crippen LogP contribution in [0.3, 0.4) is 0 Å². The fraction of sp³-hybridized carbons (Fsp3) is 0.125. The van der Waals surface area contributed by atoms with Crippen LogP contribution in [0.15, 0.2) is 58.2 Å². The molecule has 0 aliphatic rings. The maximum absolute atomic E-state index is 5.72. The van der Waals surface area contributed by atoms with Crippen molar-refractivity contribution >= 4 is 33.4 Å². The van der Waals surface area contributed by atoms with E-state index < -0.39 is 0 Å². The standard InChI is InChI=1S/C16H15BrN4S/c1-21-15(12-5-7-14(18)8-6-12)19-20-16(21)22-10-11-3-2-4-13(17)9-11/h2-9H,10,18H2,1H3. The molecule has 1 heterocycles. The van der Waals surface area contributed by atoms with Crippen molar-refractivity contribution < 1.29 is 0 Å². The van der Waals surface area contributed by atoms with Gasteiger partial charge in [0.1, 0.15) is 0 Å². The Bertz CT molecular complexity index is 783. The topological polar surface area (TPSA) is 56.7 Å². The van der Waals surface area contributed by atoms with Crippen molar-refractivity contribution in [1.29, 1.82) is 0 Å². The number of hydrogen-bond acceptors (Lipinski definition) is 4. The van der Waals surface area contributed by atoms with E-state index in [-0.39, 0.29) is 0 Å². The van der Waals surface area contributed by atoms with Crippen LogP contribution in [-0.4, -0.2) is 14.8 Å². The molecule has 2 aromatic carbocycles. The molecule has 0 radical (unpaired) electrons. The van der Waals surface area contributed by atoms with Gasteiger partial charge in [0.05, 0.1) is 0 Å². The maximum Gasteiger partial charge on any atom is 0.191 e. The molecule has 112 valence electrons. The molecule has 0 aliphatic carbocycles. The third-order valence-electron chi connectivity index (χ3n) is 3.26. The third kappa shape index (κ3) is 3.34. The Morgan fingerprint density at radius 1 is 1.14 bits per heavy atom. The smallest absolute Gasteiger partial charge is 0.191 e. The zero-order valence-electron chi connectivity index (χ0n) is 12.0. The SMILES string of the molecule is Cn1c(SCc2cccc(Br)c2)nnc1-c1ccc(N)cc1. The van der Waals surface area contributed by atoms with Crippen LogP contribution in [0.5, 0.6) is 0 Å². The lowest BCUT2D eigenvalue weighted by atomic mass is 10.2. The molecule has 2 N–H and O–H groups in total. The van der Waals surface area contributed by atoms with Crippen molar-refractivity contribution in [3.63, 3.8) is 0 Å². The molecular weight excluding hydrogens is 360 g/mol. The van der Waals surface area contributed by atoms with Crippen LogP contribution in [0.1, 0.15) is 5.56 Å². The predicted octanol–water partition coefficient (Wildman–Crippen LogP) is 4.12. The summed E-state index contributed by atoms with van der Waals surface area (Å²) >= 11 is 5.16. The molecule has 3 rings (SSSR count). The summed E-state index contributed by atoms with van der Waals surface area (Å²) in [5.41, 5.74) is 8.73. The first-order valence-corrected chi connectivity index (χ1v) is 8.54. The van der Waals surface area contributed by atoms with Crippen LogP contribution in [0.2, 0.25) is 0 Å². The Morgan fingerprint density at radius 2 is 1.91 bits per heavy atom. The number of anilines is 1. The highest BCUT2D eigenvalue weighted by molar-refractivity contribution is 9.10. The summed E-state index contributed by atoms with van der Waals surface area (Å²) in [6, 6.07) is 16.0. The number of rotatable bonds is 4. The summed E-state index contributed by atoms with van der Waals surface area (Å²) in [7, 11) is 1.98. The molecule has 0 spiro atoms. The number of nitrogens with zero attached hydrogens (tertiary/aromatic N) is 3. The largest absolute Gasteiger partial charge is 0.399 e. The van der Waals surface area contributed by atoms with Crippen LogP contribution < -0.4 is 5.73 Å². The summed E-state index contributed by atoms with van der Waals surface area (Å²) < 4.78 is 3.10. The molecule has 22 heavy (non-hydrogen) atoms. The Kier molecular flexibility index (Phi) is 4.49. The summed E-state index contributed by atoms with van der Waals surface area (Å²) in [6.07, 6.45) is 0. The van der Waals surface area contributed by atoms with E-state index in [1.807, 2.05) is 48.0 Å². The van der Waals surface area contributed by atoms with E-state index in [0.29, 0.717) is 0 Å². The van der Waals surface area contributed by atoms with Gasteiger partial charge in [-0.25, -0.2) is 0 Å². The molecule has 1 aromatic heterocycles. The fourth-order valence-corrected chi connectivity index (χ4v) is 3.40. The lowest BCUT2D eigenvalue weighted by Gasteiger charge is -2.05. The van der Waals surface area contributed by atoms with E-state index in [4.69, 9.17) is 5.73 Å². The number of nitrogen functional groups attached to an aromatic ring is 1. The number of nitrogens with two attached hydrogens (primary N) is 1. The van der Waals surface area contributed by atoms with Gasteiger partial charge in [-0.05, 0) is 42.0 Å². The van der Waals surface area contributed by atoms with E-state index >= 15 is 0 Å². The second-order valence-corrected chi connectivity index (χ2v) is 6.76. The molecule has 0 saturated heterocycles. The lowest BCUT2D eigenvalue weighted by molar-refractivity contribution is 0.794. The minimum absolute atomic E-state index is 0.746. The second kappa shape index (κ2) is 6.54. The molecule has 3 aromatic rings. The molecule has 0 saturated carbocycles. The van der Waals surface area contributed by atoms with Gasteiger partial charge in [0.15, 0.2) is 11.0 Å². The first kappa shape index (κ1) is 15.1. The van der Waals surface area contributed by atoms with Crippen molar-refractivity contribution in [2.75, 3.05) is 5.73 Å². The zero-order chi connectivity index (χ0) is 15.5. The summed E-state index contributed by atoms with van der Waals surface area (Å²) in [4.78, 5) is 0. The van der Waals surface area contributed by atoms with Crippen LogP contribution in [0.4, 0.5) is 5.69 Å². The monoisotopic (exact) mass is 374 g/mol. The minimum atomic E-state index is 0.746. The van der Waals surface area contributed by atoms with Gasteiger partial charge in [-0.3, -0.25) is 0 Å². The van der Waals surface area contributed by atoms with Gasteiger partial charge in [-0.2, -0.15) is 0 Å². The Hall–Kier alpha value is -1.79. The molecule has 0 amide bonds. The molecule has 0 fully saturated rings. The summed E-state index contributed by atoms with van der Waals surface area (Å²) in [6.45, 7) is 0. The van der Waals surface area contributed by atoms with E-state index in [9.17, 15) is 0 Å². The van der Waals surface area contributed by atoms with Gasteiger partial charge in [0, 0.05) is 28.5 Å². The van der Waals surface area contributed by atoms with Gasteiger partial charge in [0.2, 0.25) is 0 Å². The Labute approximate surface area is 141 Å². The molecule has 0 bridgehead atoms. The van der Waals surface area contributed by atoms with E-state index in [2.05, 4.69) is 38.3 Å². The van der Waals surface area contributed by atoms with Gasteiger partial charge < -0.3 is 10.3 Å². The van der Waals surface area contributed by atoms with Crippen molar-refractivity contribution in [1.82, 2.24) is 14.8 Å². The van der Waals surface area contributed by atoms with Crippen molar-refractivity contribution in [2.45, 2.75) is 10.9 Å². The van der Waals surface area contributed by atoms with E-state index in [1.165, 1.54) is 5.56 Å². The van der Waals surface area contributed by atoms with Crippen molar-refractivity contribution in [2.24, 2.45) is 7.05 Å². The minimum Gasteiger partial charge on any atom is -0.399 e. The van der Waals surface area contributed by atoms with E-state index in [0.717, 1.165) is 32.5 Å². The number of halogens is 1. The Balaban J connectivity index is 1.77. The molecular formula is C16H15BrN4S. The van der Waals surface area contributed by atoms with Crippen LogP contribution >= 0.6 is 27.7 Å². The Morgan fingerprint density at radius 3 is 2.64 bits per heavy atom. The molecule has 4 nitrogen and oxygen atoms in total. The predicted molar refractivity (Wildman–Crippen MR) is 94.6 cm³/mol. The van der Waals surface area contributed by atoms with E-state index in [1.54, 1.807) is 11.8 Å². The van der Waals surface area contributed by atoms with Crippen LogP contribution in [-0.2, 0) is 12.8 Å². The second-order valence-electron chi connectivity index (χ2n) is 4.91. The average molecular weight is 375 g/mol. The van der Waals surface area contributed by atoms with Gasteiger partial charge >= 0.3 is 0 Å². The molecule has 0 unspecified atom stereocenters. The highest BCUT2D eigenvalue weighted by atomic mass is 79.9. The highest BCUT2D eigenvalue weighted by Gasteiger charge is 2.11. The lowest BCUT2D eigenvalue weighted by Crippen LogP contribution is -1.95. The average Bonchev–Trinajstić information content (AvgIpc) is 2.87. The molecule has 6 heteroatoms. The summed E-state index contributed by atoms with van der Waals surface area (Å²) in [5.74, 6) is 1.70. The highest BCUT2D eigenvalue weighted by Crippen LogP contribution is 2.26. The number of aromatic nitrogens is 3. The first-order valence-electron chi connectivity index (χ1n) is 6.76. The number of thioether (sulfide) groups is 1. The molecule has 0 aliphatic heterocycles. The maximum atomic E-state index is 5.72. The normalized spacial score (nSPS) is 10.8. The van der Waals surface area contributed by atoms with Gasteiger partial charge in [-0.15, -0.1) is 10.2 Å². The quantitative estimate of drug-likeness (QED) is 0.551. The van der Waals surface area contributed by atoms with Gasteiger partial charge in [0.25, 0.3) is 0 Å². The van der Waals surface area contributed by atoms with Crippen LogP contribution in [0, 0.1) is 0 Å². The number of benzene rings is 2.